The van der Waals surface area contributed by atoms with Crippen molar-refractivity contribution in [2.45, 2.75) is 151 Å². The van der Waals surface area contributed by atoms with Crippen LogP contribution in [0.1, 0.15) is 183 Å². The van der Waals surface area contributed by atoms with E-state index in [-0.39, 0.29) is 216 Å². The minimum absolute atomic E-state index is 0.0902. The van der Waals surface area contributed by atoms with Gasteiger partial charge in [0.05, 0.1) is 97.4 Å². The van der Waals surface area contributed by atoms with Crippen LogP contribution < -0.4 is 53.4 Å². The quantitative estimate of drug-likeness (QED) is 0.0129. The second-order valence-electron chi connectivity index (χ2n) is 29.8. The number of anilines is 2. The van der Waals surface area contributed by atoms with E-state index in [9.17, 15) is 95.9 Å². The summed E-state index contributed by atoms with van der Waals surface area (Å²) in [5.74, 6) is -1.62. The SMILES string of the molecule is CCC(=O)CCOCCNC(=O)CCN1C(=O)CC(SC)C1=O.CCC(=O)CCOCCNC(=O)CCN1C(=O)CC(SC)C1=O.CCC(=O)CCOCCNC(=O)CCN1C(=O)CC(SC)C1=O.CCC(=O)CCOCCNC(=O)CCN1C(=O)CC(SC)C1=O.CNC(=O)c1ccc(/C=N/Nc2ccc(C(=O)NC)cn2)cc1.CNC(=O)c1ccc(/C=N/Nc2ccc(C(=O)NC)cn2)cc1. The molecule has 0 bridgehead atoms. The summed E-state index contributed by atoms with van der Waals surface area (Å²) < 4.78 is 21.0. The van der Waals surface area contributed by atoms with E-state index in [2.05, 4.69) is 73.6 Å². The van der Waals surface area contributed by atoms with Gasteiger partial charge in [-0.1, -0.05) is 52.0 Å². The van der Waals surface area contributed by atoms with Gasteiger partial charge in [0.1, 0.15) is 34.8 Å². The van der Waals surface area contributed by atoms with Gasteiger partial charge in [0.25, 0.3) is 23.6 Å². The number of thioether (sulfide) groups is 4. The molecule has 4 aromatic rings. The minimum atomic E-state index is -0.315. The first-order valence-corrected chi connectivity index (χ1v) is 49.9. The van der Waals surface area contributed by atoms with Crippen molar-refractivity contribution in [1.82, 2.24) is 72.1 Å². The van der Waals surface area contributed by atoms with Crippen molar-refractivity contribution in [3.05, 3.63) is 119 Å². The molecule has 0 aliphatic carbocycles. The third-order valence-corrected chi connectivity index (χ3v) is 24.0. The predicted octanol–water partition coefficient (Wildman–Crippen LogP) is 3.97. The lowest BCUT2D eigenvalue weighted by atomic mass is 10.1. The number of ketones is 4. The van der Waals surface area contributed by atoms with Crippen LogP contribution in [0, 0.1) is 0 Å². The van der Waals surface area contributed by atoms with Gasteiger partial charge in [0.2, 0.25) is 70.9 Å². The number of amides is 16. The number of aromatic nitrogens is 2. The predicted molar refractivity (Wildman–Crippen MR) is 525 cm³/mol. The van der Waals surface area contributed by atoms with Crippen LogP contribution in [0.3, 0.4) is 0 Å². The molecule has 6 heterocycles. The first kappa shape index (κ1) is 120. The molecule has 4 fully saturated rings. The molecule has 4 aliphatic rings. The Balaban J connectivity index is 0.000000426. The molecule has 46 heteroatoms. The average Bonchev–Trinajstić information content (AvgIpc) is 1.71. The number of pyridine rings is 2. The number of hydrogen-bond acceptors (Lipinski definition) is 34. The Morgan fingerprint density at radius 3 is 0.754 bits per heavy atom. The Morgan fingerprint density at radius 2 is 0.558 bits per heavy atom. The molecule has 2 aromatic heterocycles. The molecular formula is C92H130N18O24S4. The van der Waals surface area contributed by atoms with Gasteiger partial charge in [-0.3, -0.25) is 126 Å². The summed E-state index contributed by atoms with van der Waals surface area (Å²) >= 11 is 5.42. The van der Waals surface area contributed by atoms with Gasteiger partial charge in [-0.05, 0) is 84.7 Å². The largest absolute Gasteiger partial charge is 0.379 e. The molecule has 4 aliphatic heterocycles. The maximum Gasteiger partial charge on any atom is 0.252 e. The second-order valence-corrected chi connectivity index (χ2v) is 34.0. The zero-order chi connectivity index (χ0) is 102. The highest BCUT2D eigenvalue weighted by atomic mass is 32.2. The molecule has 4 saturated heterocycles. The van der Waals surface area contributed by atoms with Gasteiger partial charge < -0.3 is 61.5 Å². The lowest BCUT2D eigenvalue weighted by Gasteiger charge is -2.14. The number of carbonyl (C=O) groups is 20. The maximum absolute atomic E-state index is 11.9. The smallest absolute Gasteiger partial charge is 0.252 e. The molecule has 42 nitrogen and oxygen atoms in total. The van der Waals surface area contributed by atoms with Gasteiger partial charge >= 0.3 is 0 Å². The summed E-state index contributed by atoms with van der Waals surface area (Å²) in [5.41, 5.74) is 9.36. The van der Waals surface area contributed by atoms with Gasteiger partial charge in [0.15, 0.2) is 0 Å². The van der Waals surface area contributed by atoms with E-state index in [0.29, 0.717) is 164 Å². The standard InChI is InChI=1S/2C16H17N5O2.4C15H24N2O5S/c2*1-17-15(22)12-5-3-11(4-6-12)9-20-21-14-8-7-13(10-19-14)16(23)18-2;4*1-3-11(18)5-8-22-9-6-16-13(19)4-7-17-14(20)10-12(23-2)15(17)21/h2*3-10H,1-2H3,(H,17,22)(H,18,23)(H,19,21);4*12H,3-10H2,1-2H3,(H,16,19)/b2*20-9+;;;;. The molecule has 138 heavy (non-hydrogen) atoms. The van der Waals surface area contributed by atoms with E-state index < -0.39 is 0 Å². The summed E-state index contributed by atoms with van der Waals surface area (Å²) in [6.45, 7) is 11.8. The number of rotatable bonds is 54. The van der Waals surface area contributed by atoms with Crippen LogP contribution in [0.4, 0.5) is 11.6 Å². The highest BCUT2D eigenvalue weighted by Crippen LogP contribution is 2.27. The van der Waals surface area contributed by atoms with Crippen LogP contribution in [0.15, 0.2) is 95.4 Å². The monoisotopic (exact) mass is 2000 g/mol. The van der Waals surface area contributed by atoms with Crippen LogP contribution >= 0.6 is 47.0 Å². The van der Waals surface area contributed by atoms with Gasteiger partial charge in [-0.15, -0.1) is 0 Å². The first-order chi connectivity index (χ1) is 66.2. The Labute approximate surface area is 820 Å². The van der Waals surface area contributed by atoms with E-state index in [4.69, 9.17) is 18.9 Å². The van der Waals surface area contributed by atoms with Crippen molar-refractivity contribution < 1.29 is 115 Å². The van der Waals surface area contributed by atoms with Gasteiger partial charge in [-0.2, -0.15) is 57.3 Å². The van der Waals surface area contributed by atoms with Gasteiger partial charge in [0, 0.05) is 207 Å². The minimum Gasteiger partial charge on any atom is -0.379 e. The Kier molecular flexibility index (Phi) is 60.6. The molecule has 8 rings (SSSR count). The zero-order valence-corrected chi connectivity index (χ0v) is 83.4. The van der Waals surface area contributed by atoms with E-state index >= 15 is 0 Å². The van der Waals surface area contributed by atoms with E-state index in [1.54, 1.807) is 166 Å². The molecule has 0 radical (unpaired) electrons. The zero-order valence-electron chi connectivity index (χ0n) is 80.2. The molecule has 0 spiro atoms. The third-order valence-electron chi connectivity index (χ3n) is 20.2. The number of nitrogens with one attached hydrogen (secondary N) is 10. The molecule has 0 saturated carbocycles. The van der Waals surface area contributed by atoms with Crippen molar-refractivity contribution in [2.75, 3.05) is 169 Å². The Morgan fingerprint density at radius 1 is 0.333 bits per heavy atom. The number of hydrazone groups is 2. The maximum atomic E-state index is 11.9. The van der Waals surface area contributed by atoms with Crippen LogP contribution in [-0.4, -0.2) is 339 Å². The highest BCUT2D eigenvalue weighted by Gasteiger charge is 2.41. The third kappa shape index (κ3) is 46.8. The van der Waals surface area contributed by atoms with E-state index in [1.807, 2.05) is 0 Å². The summed E-state index contributed by atoms with van der Waals surface area (Å²) in [6.07, 6.45) is 18.1. The number of carbonyl (C=O) groups excluding carboxylic acids is 20. The number of ether oxygens (including phenoxy) is 4. The Bertz CT molecular complexity index is 4270. The fraction of sp³-hybridized carbons (Fsp3) is 0.522. The lowest BCUT2D eigenvalue weighted by Crippen LogP contribution is -2.36. The molecule has 4 atom stereocenters. The molecule has 16 amide bonds. The summed E-state index contributed by atoms with van der Waals surface area (Å²) in [6, 6.07) is 20.7. The van der Waals surface area contributed by atoms with Crippen molar-refractivity contribution in [1.29, 1.82) is 0 Å². The van der Waals surface area contributed by atoms with Crippen molar-refractivity contribution in [2.24, 2.45) is 10.2 Å². The number of nitrogens with zero attached hydrogens (tertiary/aromatic N) is 8. The summed E-state index contributed by atoms with van der Waals surface area (Å²) in [5, 5.41) is 27.7. The number of imide groups is 4. The first-order valence-electron chi connectivity index (χ1n) is 44.8. The summed E-state index contributed by atoms with van der Waals surface area (Å²) in [4.78, 5) is 244. The summed E-state index contributed by atoms with van der Waals surface area (Å²) in [7, 11) is 6.30. The fourth-order valence-electron chi connectivity index (χ4n) is 12.0. The lowest BCUT2D eigenvalue weighted by molar-refractivity contribution is -0.140. The van der Waals surface area contributed by atoms with Crippen molar-refractivity contribution in [3.8, 4) is 0 Å². The van der Waals surface area contributed by atoms with Crippen LogP contribution in [0.2, 0.25) is 0 Å². The molecule has 756 valence electrons. The topological polar surface area (TPSA) is 562 Å². The van der Waals surface area contributed by atoms with Crippen molar-refractivity contribution in [3.63, 3.8) is 0 Å². The number of hydrogen-bond donors (Lipinski definition) is 10. The fourth-order valence-corrected chi connectivity index (χ4v) is 14.5. The molecule has 10 N–H and O–H groups in total. The van der Waals surface area contributed by atoms with E-state index in [0.717, 1.165) is 30.7 Å². The number of likely N-dealkylation sites (tertiary alicyclic amines) is 4. The van der Waals surface area contributed by atoms with Gasteiger partial charge in [-0.25, -0.2) is 9.97 Å². The molecular weight excluding hydrogens is 1870 g/mol. The average molecular weight is 2000 g/mol. The van der Waals surface area contributed by atoms with Crippen molar-refractivity contribution >= 4 is 189 Å². The second kappa shape index (κ2) is 69.7. The van der Waals surface area contributed by atoms with Crippen LogP contribution in [0.5, 0.6) is 0 Å². The van der Waals surface area contributed by atoms with E-state index in [1.165, 1.54) is 59.4 Å². The number of Topliss-reactive ketones (excluding diaryl/α,β-unsaturated/α-hetero) is 4. The van der Waals surface area contributed by atoms with Crippen LogP contribution in [0.25, 0.3) is 0 Å². The highest BCUT2D eigenvalue weighted by molar-refractivity contribution is 8.00. The number of benzene rings is 2. The molecule has 4 unspecified atom stereocenters. The van der Waals surface area contributed by atoms with Crippen LogP contribution in [-0.2, 0) is 95.7 Å². The normalized spacial score (nSPS) is 15.2. The Hall–Kier alpha value is -12.1. The molecule has 2 aromatic carbocycles.